The van der Waals surface area contributed by atoms with Gasteiger partial charge in [0.25, 0.3) is 11.5 Å². The Bertz CT molecular complexity index is 1010. The molecule has 2 aliphatic rings. The van der Waals surface area contributed by atoms with Gasteiger partial charge in [0.05, 0.1) is 25.2 Å². The molecule has 3 heterocycles. The second-order valence-electron chi connectivity index (χ2n) is 10.2. The molecule has 1 aromatic carbocycles. The number of carbonyl (C=O) groups excluding carboxylic acids is 1. The Labute approximate surface area is 191 Å². The Morgan fingerprint density at radius 2 is 1.91 bits per heavy atom. The van der Waals surface area contributed by atoms with Gasteiger partial charge in [-0.25, -0.2) is 0 Å². The fraction of sp³-hybridized carbons (Fsp3) is 0.615. The minimum Gasteiger partial charge on any atom is -0.317 e. The van der Waals surface area contributed by atoms with Crippen LogP contribution in [0.3, 0.4) is 0 Å². The minimum atomic E-state index is -0.233. The van der Waals surface area contributed by atoms with E-state index in [2.05, 4.69) is 10.6 Å². The van der Waals surface area contributed by atoms with Crippen molar-refractivity contribution in [2.24, 2.45) is 5.92 Å². The van der Waals surface area contributed by atoms with Crippen LogP contribution < -0.4 is 16.2 Å². The normalized spacial score (nSPS) is 19.4. The van der Waals surface area contributed by atoms with Crippen LogP contribution >= 0.6 is 0 Å². The molecule has 6 heteroatoms. The van der Waals surface area contributed by atoms with Crippen LogP contribution in [-0.2, 0) is 0 Å². The van der Waals surface area contributed by atoms with Crippen molar-refractivity contribution in [1.29, 1.82) is 0 Å². The van der Waals surface area contributed by atoms with E-state index in [1.54, 1.807) is 10.6 Å². The molecular weight excluding hydrogens is 400 g/mol. The summed E-state index contributed by atoms with van der Waals surface area (Å²) in [5, 5.41) is 7.63. The molecule has 2 aliphatic heterocycles. The Morgan fingerprint density at radius 1 is 1.19 bits per heavy atom. The molecule has 0 bridgehead atoms. The number of quaternary nitrogens is 1. The van der Waals surface area contributed by atoms with Crippen LogP contribution in [0.15, 0.2) is 29.1 Å². The summed E-state index contributed by atoms with van der Waals surface area (Å²) >= 11 is 0. The highest BCUT2D eigenvalue weighted by Crippen LogP contribution is 2.25. The Morgan fingerprint density at radius 3 is 2.59 bits per heavy atom. The molecule has 0 radical (unpaired) electrons. The Kier molecular flexibility index (Phi) is 7.01. The van der Waals surface area contributed by atoms with Crippen LogP contribution in [0.2, 0.25) is 0 Å². The number of fused-ring (bicyclic) bond motifs is 1. The number of hydrogen-bond acceptors (Lipinski definition) is 3. The fourth-order valence-corrected chi connectivity index (χ4v) is 5.72. The smallest absolute Gasteiger partial charge is 0.264 e. The fourth-order valence-electron chi connectivity index (χ4n) is 5.72. The molecule has 6 nitrogen and oxygen atoms in total. The van der Waals surface area contributed by atoms with Crippen molar-refractivity contribution in [1.82, 2.24) is 15.2 Å². The number of amides is 1. The summed E-state index contributed by atoms with van der Waals surface area (Å²) in [5.41, 5.74) is 2.04. The number of rotatable bonds is 6. The molecule has 0 atom stereocenters. The second kappa shape index (κ2) is 9.75. The molecule has 174 valence electrons. The minimum absolute atomic E-state index is 0.0140. The van der Waals surface area contributed by atoms with Crippen LogP contribution in [-0.4, -0.2) is 54.3 Å². The van der Waals surface area contributed by atoms with Crippen LogP contribution in [0.5, 0.6) is 0 Å². The molecule has 0 spiro atoms. The van der Waals surface area contributed by atoms with Crippen molar-refractivity contribution in [2.75, 3.05) is 39.4 Å². The second-order valence-corrected chi connectivity index (χ2v) is 10.2. The molecule has 0 unspecified atom stereocenters. The van der Waals surface area contributed by atoms with Gasteiger partial charge in [0.15, 0.2) is 6.67 Å². The summed E-state index contributed by atoms with van der Waals surface area (Å²) in [6, 6.07) is 7.76. The maximum absolute atomic E-state index is 13.3. The molecule has 2 saturated heterocycles. The lowest BCUT2D eigenvalue weighted by atomic mass is 9.95. The van der Waals surface area contributed by atoms with Crippen LogP contribution in [0.1, 0.15) is 67.9 Å². The highest BCUT2D eigenvalue weighted by Gasteiger charge is 2.34. The van der Waals surface area contributed by atoms with Gasteiger partial charge in [-0.3, -0.25) is 9.59 Å². The van der Waals surface area contributed by atoms with E-state index in [0.29, 0.717) is 12.6 Å². The lowest BCUT2D eigenvalue weighted by Crippen LogP contribution is -2.59. The molecule has 0 saturated carbocycles. The first-order chi connectivity index (χ1) is 15.4. The SMILES string of the molecule is Cc1cccc2c1cc(C(=O)NC[N+]1(CC3CCNCC3)CCCCC1)c(=O)n2C(C)C. The van der Waals surface area contributed by atoms with Gasteiger partial charge in [-0.05, 0) is 83.7 Å². The Balaban J connectivity index is 1.59. The monoisotopic (exact) mass is 439 g/mol. The molecule has 4 rings (SSSR count). The number of nitrogens with one attached hydrogen (secondary N) is 2. The number of likely N-dealkylation sites (tertiary alicyclic amines) is 1. The zero-order valence-electron chi connectivity index (χ0n) is 20.0. The number of hydrogen-bond donors (Lipinski definition) is 2. The van der Waals surface area contributed by atoms with E-state index in [-0.39, 0.29) is 23.1 Å². The van der Waals surface area contributed by atoms with E-state index >= 15 is 0 Å². The van der Waals surface area contributed by atoms with Crippen LogP contribution in [0, 0.1) is 12.8 Å². The van der Waals surface area contributed by atoms with Gasteiger partial charge >= 0.3 is 0 Å². The van der Waals surface area contributed by atoms with Gasteiger partial charge in [-0.2, -0.15) is 0 Å². The lowest BCUT2D eigenvalue weighted by molar-refractivity contribution is -0.937. The standard InChI is InChI=1S/C26H38N4O2/c1-19(2)29-24-9-7-8-20(3)22(24)16-23(26(29)32)25(31)28-18-30(14-5-4-6-15-30)17-21-10-12-27-13-11-21/h7-9,16,19,21,27H,4-6,10-15,17-18H2,1-3H3/p+1. The highest BCUT2D eigenvalue weighted by atomic mass is 16.2. The third-order valence-corrected chi connectivity index (χ3v) is 7.50. The number of piperidine rings is 2. The average molecular weight is 440 g/mol. The van der Waals surface area contributed by atoms with Crippen molar-refractivity contribution in [3.05, 3.63) is 45.7 Å². The van der Waals surface area contributed by atoms with Crippen molar-refractivity contribution in [2.45, 2.75) is 58.9 Å². The first-order valence-electron chi connectivity index (χ1n) is 12.4. The third kappa shape index (κ3) is 4.76. The molecule has 2 N–H and O–H groups in total. The summed E-state index contributed by atoms with van der Waals surface area (Å²) in [4.78, 5) is 26.6. The average Bonchev–Trinajstić information content (AvgIpc) is 2.78. The number of pyridine rings is 1. The zero-order valence-corrected chi connectivity index (χ0v) is 20.0. The molecule has 32 heavy (non-hydrogen) atoms. The van der Waals surface area contributed by atoms with E-state index in [0.717, 1.165) is 53.7 Å². The predicted molar refractivity (Wildman–Crippen MR) is 130 cm³/mol. The largest absolute Gasteiger partial charge is 0.317 e. The Hall–Kier alpha value is -2.18. The van der Waals surface area contributed by atoms with E-state index in [1.165, 1.54) is 32.1 Å². The molecule has 1 aromatic heterocycles. The van der Waals surface area contributed by atoms with Crippen molar-refractivity contribution < 1.29 is 9.28 Å². The summed E-state index contributed by atoms with van der Waals surface area (Å²) in [6.45, 7) is 12.2. The quantitative estimate of drug-likeness (QED) is 0.677. The van der Waals surface area contributed by atoms with Gasteiger partial charge in [0.2, 0.25) is 0 Å². The molecular formula is C26H39N4O2+. The van der Waals surface area contributed by atoms with Crippen LogP contribution in [0.4, 0.5) is 0 Å². The van der Waals surface area contributed by atoms with E-state index in [4.69, 9.17) is 0 Å². The number of carbonyl (C=O) groups is 1. The number of benzene rings is 1. The summed E-state index contributed by atoms with van der Waals surface area (Å²) < 4.78 is 2.72. The maximum Gasteiger partial charge on any atom is 0.264 e. The van der Waals surface area contributed by atoms with Crippen LogP contribution in [0.25, 0.3) is 10.9 Å². The first-order valence-corrected chi connectivity index (χ1v) is 12.4. The van der Waals surface area contributed by atoms with E-state index in [1.807, 2.05) is 39.0 Å². The van der Waals surface area contributed by atoms with Gasteiger partial charge in [0.1, 0.15) is 5.56 Å². The van der Waals surface area contributed by atoms with Gasteiger partial charge in [-0.15, -0.1) is 0 Å². The summed E-state index contributed by atoms with van der Waals surface area (Å²) in [7, 11) is 0. The maximum atomic E-state index is 13.3. The van der Waals surface area contributed by atoms with E-state index in [9.17, 15) is 9.59 Å². The van der Waals surface area contributed by atoms with Gasteiger partial charge in [-0.1, -0.05) is 12.1 Å². The molecule has 2 fully saturated rings. The van der Waals surface area contributed by atoms with Gasteiger partial charge < -0.3 is 19.7 Å². The van der Waals surface area contributed by atoms with Crippen molar-refractivity contribution in [3.63, 3.8) is 0 Å². The number of nitrogens with zero attached hydrogens (tertiary/aromatic N) is 2. The summed E-state index contributed by atoms with van der Waals surface area (Å²) in [6.07, 6.45) is 6.16. The van der Waals surface area contributed by atoms with Crippen molar-refractivity contribution >= 4 is 16.8 Å². The molecule has 1 amide bonds. The predicted octanol–water partition coefficient (Wildman–Crippen LogP) is 3.58. The van der Waals surface area contributed by atoms with Gasteiger partial charge in [0, 0.05) is 17.3 Å². The summed E-state index contributed by atoms with van der Waals surface area (Å²) in [5.74, 6) is 0.482. The molecule has 2 aromatic rings. The lowest BCUT2D eigenvalue weighted by Gasteiger charge is -2.44. The topological polar surface area (TPSA) is 63.1 Å². The number of aryl methyl sites for hydroxylation is 1. The highest BCUT2D eigenvalue weighted by molar-refractivity contribution is 5.98. The molecule has 0 aliphatic carbocycles. The van der Waals surface area contributed by atoms with Crippen molar-refractivity contribution in [3.8, 4) is 0 Å². The zero-order chi connectivity index (χ0) is 22.7. The number of aromatic nitrogens is 1. The van der Waals surface area contributed by atoms with E-state index < -0.39 is 0 Å². The third-order valence-electron chi connectivity index (χ3n) is 7.50. The first kappa shape index (κ1) is 23.0.